The first-order chi connectivity index (χ1) is 9.72. The molecule has 0 radical (unpaired) electrons. The molecule has 3 nitrogen and oxygen atoms in total. The van der Waals surface area contributed by atoms with Crippen molar-refractivity contribution < 1.29 is 9.53 Å². The van der Waals surface area contributed by atoms with Crippen LogP contribution in [0, 0.1) is 0 Å². The largest absolute Gasteiger partial charge is 0.480 e. The molecular weight excluding hydrogens is 274 g/mol. The standard InChI is InChI=1S/C16H14ClNO2/c17-13-6-7-14-12(8-13)9-15(20-14)16(19)18-10-11-4-2-1-3-5-11/h1-8,15H,9-10H2,(H,18,19). The van der Waals surface area contributed by atoms with Crippen molar-refractivity contribution in [3.8, 4) is 5.75 Å². The van der Waals surface area contributed by atoms with Crippen LogP contribution in [0.3, 0.4) is 0 Å². The Morgan fingerprint density at radius 1 is 1.25 bits per heavy atom. The van der Waals surface area contributed by atoms with E-state index in [0.29, 0.717) is 18.0 Å². The van der Waals surface area contributed by atoms with Gasteiger partial charge in [-0.1, -0.05) is 41.9 Å². The van der Waals surface area contributed by atoms with Crippen molar-refractivity contribution in [2.75, 3.05) is 0 Å². The Hall–Kier alpha value is -2.00. The summed E-state index contributed by atoms with van der Waals surface area (Å²) in [6.45, 7) is 0.511. The third kappa shape index (κ3) is 2.78. The number of fused-ring (bicyclic) bond motifs is 1. The fraction of sp³-hybridized carbons (Fsp3) is 0.188. The van der Waals surface area contributed by atoms with E-state index < -0.39 is 6.10 Å². The average Bonchev–Trinajstić information content (AvgIpc) is 2.89. The normalized spacial score (nSPS) is 16.4. The lowest BCUT2D eigenvalue weighted by Crippen LogP contribution is -2.36. The Balaban J connectivity index is 1.60. The molecule has 0 saturated heterocycles. The number of ether oxygens (including phenoxy) is 1. The van der Waals surface area contributed by atoms with Gasteiger partial charge in [-0.15, -0.1) is 0 Å². The minimum absolute atomic E-state index is 0.0961. The highest BCUT2D eigenvalue weighted by atomic mass is 35.5. The van der Waals surface area contributed by atoms with Crippen molar-refractivity contribution in [1.29, 1.82) is 0 Å². The second kappa shape index (κ2) is 5.55. The fourth-order valence-corrected chi connectivity index (χ4v) is 2.46. The van der Waals surface area contributed by atoms with Crippen LogP contribution < -0.4 is 10.1 Å². The topological polar surface area (TPSA) is 38.3 Å². The van der Waals surface area contributed by atoms with Crippen molar-refractivity contribution in [3.05, 3.63) is 64.7 Å². The molecule has 1 atom stereocenters. The van der Waals surface area contributed by atoms with Crippen molar-refractivity contribution >= 4 is 17.5 Å². The fourth-order valence-electron chi connectivity index (χ4n) is 2.26. The van der Waals surface area contributed by atoms with Crippen molar-refractivity contribution in [3.63, 3.8) is 0 Å². The summed E-state index contributed by atoms with van der Waals surface area (Å²) in [6.07, 6.45) is 0.100. The maximum atomic E-state index is 12.1. The summed E-state index contributed by atoms with van der Waals surface area (Å²) in [4.78, 5) is 12.1. The Kier molecular flexibility index (Phi) is 3.61. The molecule has 0 fully saturated rings. The van der Waals surface area contributed by atoms with E-state index in [1.54, 1.807) is 6.07 Å². The molecule has 3 rings (SSSR count). The molecule has 0 aliphatic carbocycles. The third-order valence-electron chi connectivity index (χ3n) is 3.30. The van der Waals surface area contributed by atoms with Gasteiger partial charge in [0.25, 0.3) is 5.91 Å². The molecule has 4 heteroatoms. The van der Waals surface area contributed by atoms with E-state index >= 15 is 0 Å². The van der Waals surface area contributed by atoms with Crippen LogP contribution in [0.4, 0.5) is 0 Å². The molecule has 2 aromatic carbocycles. The van der Waals surface area contributed by atoms with Gasteiger partial charge in [-0.2, -0.15) is 0 Å². The van der Waals surface area contributed by atoms with Gasteiger partial charge < -0.3 is 10.1 Å². The Labute approximate surface area is 122 Å². The summed E-state index contributed by atoms with van der Waals surface area (Å²) < 4.78 is 5.64. The lowest BCUT2D eigenvalue weighted by Gasteiger charge is -2.11. The van der Waals surface area contributed by atoms with E-state index in [1.165, 1.54) is 0 Å². The number of amides is 1. The lowest BCUT2D eigenvalue weighted by atomic mass is 10.1. The van der Waals surface area contributed by atoms with Gasteiger partial charge in [0, 0.05) is 18.0 Å². The van der Waals surface area contributed by atoms with Crippen LogP contribution >= 0.6 is 11.6 Å². The lowest BCUT2D eigenvalue weighted by molar-refractivity contribution is -0.127. The molecular formula is C16H14ClNO2. The van der Waals surface area contributed by atoms with Crippen molar-refractivity contribution in [2.24, 2.45) is 0 Å². The maximum Gasteiger partial charge on any atom is 0.261 e. The van der Waals surface area contributed by atoms with Crippen LogP contribution in [0.25, 0.3) is 0 Å². The Morgan fingerprint density at radius 3 is 2.85 bits per heavy atom. The summed E-state index contributed by atoms with van der Waals surface area (Å²) in [6, 6.07) is 15.2. The number of benzene rings is 2. The molecule has 1 amide bonds. The van der Waals surface area contributed by atoms with Crippen LogP contribution in [0.5, 0.6) is 5.75 Å². The Morgan fingerprint density at radius 2 is 2.05 bits per heavy atom. The molecule has 1 N–H and O–H groups in total. The Bertz CT molecular complexity index is 628. The summed E-state index contributed by atoms with van der Waals surface area (Å²) in [5.74, 6) is 0.649. The monoisotopic (exact) mass is 287 g/mol. The van der Waals surface area contributed by atoms with E-state index in [2.05, 4.69) is 5.32 Å². The van der Waals surface area contributed by atoms with E-state index in [-0.39, 0.29) is 5.91 Å². The molecule has 0 spiro atoms. The summed E-state index contributed by atoms with van der Waals surface area (Å²) in [7, 11) is 0. The molecule has 0 bridgehead atoms. The van der Waals surface area contributed by atoms with Gasteiger partial charge in [-0.05, 0) is 29.3 Å². The summed E-state index contributed by atoms with van der Waals surface area (Å²) in [5, 5.41) is 3.56. The number of carbonyl (C=O) groups is 1. The van der Waals surface area contributed by atoms with Gasteiger partial charge in [0.05, 0.1) is 0 Å². The first kappa shape index (κ1) is 13.0. The number of carbonyl (C=O) groups excluding carboxylic acids is 1. The van der Waals surface area contributed by atoms with Crippen molar-refractivity contribution in [1.82, 2.24) is 5.32 Å². The zero-order chi connectivity index (χ0) is 13.9. The third-order valence-corrected chi connectivity index (χ3v) is 3.53. The van der Waals surface area contributed by atoms with E-state index in [1.807, 2.05) is 42.5 Å². The highest BCUT2D eigenvalue weighted by Gasteiger charge is 2.28. The molecule has 1 aliphatic rings. The number of rotatable bonds is 3. The van der Waals surface area contributed by atoms with Gasteiger partial charge in [0.1, 0.15) is 5.75 Å². The molecule has 1 aliphatic heterocycles. The van der Waals surface area contributed by atoms with Crippen LogP contribution in [0.15, 0.2) is 48.5 Å². The molecule has 20 heavy (non-hydrogen) atoms. The molecule has 0 saturated carbocycles. The van der Waals surface area contributed by atoms with Gasteiger partial charge in [-0.3, -0.25) is 4.79 Å². The van der Waals surface area contributed by atoms with Gasteiger partial charge in [0.2, 0.25) is 0 Å². The first-order valence-corrected chi connectivity index (χ1v) is 6.87. The van der Waals surface area contributed by atoms with Crippen LogP contribution in [0.2, 0.25) is 5.02 Å². The average molecular weight is 288 g/mol. The maximum absolute atomic E-state index is 12.1. The number of hydrogen-bond donors (Lipinski definition) is 1. The van der Waals surface area contributed by atoms with E-state index in [9.17, 15) is 4.79 Å². The van der Waals surface area contributed by atoms with E-state index in [4.69, 9.17) is 16.3 Å². The second-order valence-corrected chi connectivity index (χ2v) is 5.20. The predicted octanol–water partition coefficient (Wildman–Crippen LogP) is 2.96. The molecule has 0 aromatic heterocycles. The zero-order valence-corrected chi connectivity index (χ0v) is 11.6. The predicted molar refractivity (Wildman–Crippen MR) is 77.9 cm³/mol. The minimum atomic E-state index is -0.466. The molecule has 102 valence electrons. The SMILES string of the molecule is O=C(NCc1ccccc1)C1Cc2cc(Cl)ccc2O1. The van der Waals surface area contributed by atoms with Crippen LogP contribution in [0.1, 0.15) is 11.1 Å². The molecule has 1 heterocycles. The van der Waals surface area contributed by atoms with E-state index in [0.717, 1.165) is 16.9 Å². The number of halogens is 1. The number of nitrogens with one attached hydrogen (secondary N) is 1. The smallest absolute Gasteiger partial charge is 0.261 e. The summed E-state index contributed by atoms with van der Waals surface area (Å²) in [5.41, 5.74) is 2.05. The number of hydrogen-bond acceptors (Lipinski definition) is 2. The first-order valence-electron chi connectivity index (χ1n) is 6.49. The van der Waals surface area contributed by atoms with Crippen molar-refractivity contribution in [2.45, 2.75) is 19.1 Å². The summed E-state index contributed by atoms with van der Waals surface area (Å²) >= 11 is 5.94. The van der Waals surface area contributed by atoms with Gasteiger partial charge >= 0.3 is 0 Å². The van der Waals surface area contributed by atoms with Crippen LogP contribution in [-0.4, -0.2) is 12.0 Å². The quantitative estimate of drug-likeness (QED) is 0.942. The highest BCUT2D eigenvalue weighted by Crippen LogP contribution is 2.31. The van der Waals surface area contributed by atoms with Gasteiger partial charge in [-0.25, -0.2) is 0 Å². The highest BCUT2D eigenvalue weighted by molar-refractivity contribution is 6.30. The molecule has 2 aromatic rings. The minimum Gasteiger partial charge on any atom is -0.480 e. The molecule has 1 unspecified atom stereocenters. The second-order valence-electron chi connectivity index (χ2n) is 4.77. The van der Waals surface area contributed by atoms with Crippen LogP contribution in [-0.2, 0) is 17.8 Å². The van der Waals surface area contributed by atoms with Gasteiger partial charge in [0.15, 0.2) is 6.10 Å². The zero-order valence-electron chi connectivity index (χ0n) is 10.8.